The van der Waals surface area contributed by atoms with Crippen LogP contribution in [0, 0.1) is 0 Å². The van der Waals surface area contributed by atoms with Gasteiger partial charge in [-0.15, -0.1) is 11.3 Å². The summed E-state index contributed by atoms with van der Waals surface area (Å²) in [5, 5.41) is 0. The van der Waals surface area contributed by atoms with E-state index in [0.717, 1.165) is 26.4 Å². The van der Waals surface area contributed by atoms with Crippen LogP contribution in [-0.2, 0) is 6.54 Å². The zero-order valence-corrected chi connectivity index (χ0v) is 11.0. The minimum absolute atomic E-state index is 0.564. The van der Waals surface area contributed by atoms with E-state index in [1.165, 1.54) is 6.33 Å². The van der Waals surface area contributed by atoms with Gasteiger partial charge in [0.1, 0.15) is 6.33 Å². The van der Waals surface area contributed by atoms with Gasteiger partial charge in [-0.3, -0.25) is 4.98 Å². The Morgan fingerprint density at radius 3 is 2.53 bits per heavy atom. The summed E-state index contributed by atoms with van der Waals surface area (Å²) in [6.07, 6.45) is 8.80. The zero-order valence-electron chi connectivity index (χ0n) is 10.2. The Morgan fingerprint density at radius 2 is 1.79 bits per heavy atom. The molecule has 0 amide bonds. The van der Waals surface area contributed by atoms with Crippen LogP contribution in [0.5, 0.6) is 0 Å². The van der Waals surface area contributed by atoms with Crippen molar-refractivity contribution in [3.8, 4) is 21.6 Å². The first-order chi connectivity index (χ1) is 9.38. The van der Waals surface area contributed by atoms with Crippen LogP contribution in [0.1, 0.15) is 4.88 Å². The lowest BCUT2D eigenvalue weighted by atomic mass is 10.0. The molecule has 19 heavy (non-hydrogen) atoms. The fourth-order valence-corrected chi connectivity index (χ4v) is 2.82. The van der Waals surface area contributed by atoms with Crippen molar-refractivity contribution >= 4 is 11.3 Å². The first-order valence-electron chi connectivity index (χ1n) is 5.87. The molecule has 0 aliphatic heterocycles. The summed E-state index contributed by atoms with van der Waals surface area (Å²) in [6, 6.07) is 6.12. The molecule has 0 aliphatic carbocycles. The van der Waals surface area contributed by atoms with Crippen LogP contribution in [0.15, 0.2) is 49.3 Å². The number of aromatic nitrogens is 3. The van der Waals surface area contributed by atoms with Crippen molar-refractivity contribution < 1.29 is 0 Å². The first-order valence-corrected chi connectivity index (χ1v) is 6.68. The smallest absolute Gasteiger partial charge is 0.115 e. The predicted octanol–water partition coefficient (Wildman–Crippen LogP) is 2.73. The monoisotopic (exact) mass is 268 g/mol. The van der Waals surface area contributed by atoms with Crippen molar-refractivity contribution in [3.05, 3.63) is 54.2 Å². The lowest BCUT2D eigenvalue weighted by Crippen LogP contribution is -1.91. The van der Waals surface area contributed by atoms with Gasteiger partial charge in [0, 0.05) is 52.2 Å². The third kappa shape index (κ3) is 2.38. The topological polar surface area (TPSA) is 64.7 Å². The Morgan fingerprint density at radius 1 is 0.947 bits per heavy atom. The number of nitrogens with two attached hydrogens (primary N) is 1. The second kappa shape index (κ2) is 5.26. The molecule has 0 spiro atoms. The van der Waals surface area contributed by atoms with E-state index in [9.17, 15) is 0 Å². The third-order valence-corrected chi connectivity index (χ3v) is 3.96. The van der Waals surface area contributed by atoms with Crippen molar-refractivity contribution in [3.63, 3.8) is 0 Å². The molecule has 5 heteroatoms. The van der Waals surface area contributed by atoms with Crippen molar-refractivity contribution in [1.29, 1.82) is 0 Å². The molecule has 0 radical (unpaired) electrons. The Labute approximate surface area is 115 Å². The van der Waals surface area contributed by atoms with Gasteiger partial charge in [0.25, 0.3) is 0 Å². The molecule has 2 N–H and O–H groups in total. The van der Waals surface area contributed by atoms with Crippen LogP contribution < -0.4 is 5.73 Å². The molecule has 0 atom stereocenters. The van der Waals surface area contributed by atoms with Crippen LogP contribution in [-0.4, -0.2) is 15.0 Å². The molecule has 0 bridgehead atoms. The van der Waals surface area contributed by atoms with E-state index >= 15 is 0 Å². The second-order valence-corrected chi connectivity index (χ2v) is 5.19. The molecule has 3 aromatic rings. The highest BCUT2D eigenvalue weighted by Gasteiger charge is 2.09. The van der Waals surface area contributed by atoms with Crippen LogP contribution >= 0.6 is 11.3 Å². The largest absolute Gasteiger partial charge is 0.326 e. The summed E-state index contributed by atoms with van der Waals surface area (Å²) in [5.41, 5.74) is 8.82. The Bertz CT molecular complexity index is 679. The van der Waals surface area contributed by atoms with Gasteiger partial charge in [0.05, 0.1) is 0 Å². The lowest BCUT2D eigenvalue weighted by molar-refractivity contribution is 1.11. The van der Waals surface area contributed by atoms with Gasteiger partial charge in [-0.25, -0.2) is 9.97 Å². The minimum Gasteiger partial charge on any atom is -0.326 e. The number of thiophene rings is 1. The molecule has 3 aromatic heterocycles. The van der Waals surface area contributed by atoms with Crippen molar-refractivity contribution in [2.24, 2.45) is 5.73 Å². The SMILES string of the molecule is NCc1ccc(-c2cnccc2-c2cncnc2)s1. The van der Waals surface area contributed by atoms with E-state index in [1.807, 2.05) is 24.7 Å². The molecule has 0 unspecified atom stereocenters. The van der Waals surface area contributed by atoms with Crippen LogP contribution in [0.4, 0.5) is 0 Å². The highest BCUT2D eigenvalue weighted by molar-refractivity contribution is 7.15. The Kier molecular flexibility index (Phi) is 3.31. The van der Waals surface area contributed by atoms with Gasteiger partial charge in [0.15, 0.2) is 0 Å². The number of hydrogen-bond acceptors (Lipinski definition) is 5. The summed E-state index contributed by atoms with van der Waals surface area (Å²) in [6.45, 7) is 0.564. The Balaban J connectivity index is 2.12. The fraction of sp³-hybridized carbons (Fsp3) is 0.0714. The number of pyridine rings is 1. The number of rotatable bonds is 3. The second-order valence-electron chi connectivity index (χ2n) is 4.02. The molecule has 0 aromatic carbocycles. The normalized spacial score (nSPS) is 10.6. The summed E-state index contributed by atoms with van der Waals surface area (Å²) < 4.78 is 0. The zero-order chi connectivity index (χ0) is 13.1. The van der Waals surface area contributed by atoms with Gasteiger partial charge in [-0.05, 0) is 23.8 Å². The van der Waals surface area contributed by atoms with E-state index in [4.69, 9.17) is 5.73 Å². The van der Waals surface area contributed by atoms with Gasteiger partial charge in [-0.1, -0.05) is 0 Å². The quantitative estimate of drug-likeness (QED) is 0.793. The lowest BCUT2D eigenvalue weighted by Gasteiger charge is -2.06. The summed E-state index contributed by atoms with van der Waals surface area (Å²) in [4.78, 5) is 14.7. The van der Waals surface area contributed by atoms with Crippen molar-refractivity contribution in [1.82, 2.24) is 15.0 Å². The molecule has 0 saturated heterocycles. The standard InChI is InChI=1S/C14H12N4S/c15-5-11-1-2-14(19-11)13-8-16-4-3-12(13)10-6-17-9-18-7-10/h1-4,6-9H,5,15H2. The molecule has 0 saturated carbocycles. The Hall–Kier alpha value is -2.11. The fourth-order valence-electron chi connectivity index (χ4n) is 1.91. The van der Waals surface area contributed by atoms with E-state index in [2.05, 4.69) is 27.1 Å². The minimum atomic E-state index is 0.564. The van der Waals surface area contributed by atoms with Gasteiger partial charge < -0.3 is 5.73 Å². The summed E-state index contributed by atoms with van der Waals surface area (Å²) >= 11 is 1.69. The average Bonchev–Trinajstić information content (AvgIpc) is 2.97. The maximum absolute atomic E-state index is 5.67. The highest BCUT2D eigenvalue weighted by atomic mass is 32.1. The highest BCUT2D eigenvalue weighted by Crippen LogP contribution is 2.34. The van der Waals surface area contributed by atoms with Gasteiger partial charge in [0.2, 0.25) is 0 Å². The number of hydrogen-bond donors (Lipinski definition) is 1. The van der Waals surface area contributed by atoms with E-state index in [1.54, 1.807) is 17.5 Å². The third-order valence-electron chi connectivity index (χ3n) is 2.82. The molecule has 3 heterocycles. The maximum Gasteiger partial charge on any atom is 0.115 e. The van der Waals surface area contributed by atoms with Crippen molar-refractivity contribution in [2.45, 2.75) is 6.54 Å². The first kappa shape index (κ1) is 12.0. The molecule has 3 rings (SSSR count). The van der Waals surface area contributed by atoms with E-state index in [-0.39, 0.29) is 0 Å². The van der Waals surface area contributed by atoms with Crippen LogP contribution in [0.2, 0.25) is 0 Å². The van der Waals surface area contributed by atoms with Gasteiger partial charge >= 0.3 is 0 Å². The maximum atomic E-state index is 5.67. The van der Waals surface area contributed by atoms with Crippen LogP contribution in [0.25, 0.3) is 21.6 Å². The van der Waals surface area contributed by atoms with Gasteiger partial charge in [-0.2, -0.15) is 0 Å². The van der Waals surface area contributed by atoms with E-state index < -0.39 is 0 Å². The summed E-state index contributed by atoms with van der Waals surface area (Å²) in [7, 11) is 0. The number of nitrogens with zero attached hydrogens (tertiary/aromatic N) is 3. The molecule has 94 valence electrons. The molecule has 4 nitrogen and oxygen atoms in total. The predicted molar refractivity (Wildman–Crippen MR) is 76.5 cm³/mol. The molecule has 0 aliphatic rings. The summed E-state index contributed by atoms with van der Waals surface area (Å²) in [5.74, 6) is 0. The average molecular weight is 268 g/mol. The van der Waals surface area contributed by atoms with E-state index in [0.29, 0.717) is 6.54 Å². The van der Waals surface area contributed by atoms with Crippen LogP contribution in [0.3, 0.4) is 0 Å². The molecular formula is C14H12N4S. The molecular weight excluding hydrogens is 256 g/mol. The van der Waals surface area contributed by atoms with Crippen molar-refractivity contribution in [2.75, 3.05) is 0 Å². The molecule has 0 fully saturated rings.